The lowest BCUT2D eigenvalue weighted by Crippen LogP contribution is -2.01. The van der Waals surface area contributed by atoms with Gasteiger partial charge in [-0.05, 0) is 53.2 Å². The molecule has 98 valence electrons. The molecule has 0 saturated heterocycles. The van der Waals surface area contributed by atoms with Crippen LogP contribution in [0.25, 0.3) is 0 Å². The maximum Gasteiger partial charge on any atom is 0.335 e. The molecule has 8 heteroatoms. The molecule has 3 rings (SSSR count). The predicted molar refractivity (Wildman–Crippen MR) is 68.0 cm³/mol. The fraction of sp³-hybridized carbons (Fsp3) is 0.273. The molecule has 0 spiro atoms. The van der Waals surface area contributed by atoms with Crippen molar-refractivity contribution in [3.63, 3.8) is 0 Å². The Bertz CT molecular complexity index is 638. The summed E-state index contributed by atoms with van der Waals surface area (Å²) in [6.07, 6.45) is 2.18. The molecule has 0 atom stereocenters. The van der Waals surface area contributed by atoms with Crippen LogP contribution in [0.2, 0.25) is 0 Å². The van der Waals surface area contributed by atoms with Gasteiger partial charge in [0.05, 0.1) is 11.6 Å². The number of nitrogen functional groups attached to an aromatic ring is 1. The Morgan fingerprint density at radius 3 is 2.89 bits per heavy atom. The van der Waals surface area contributed by atoms with E-state index in [4.69, 9.17) is 10.8 Å². The molecule has 0 radical (unpaired) electrons. The van der Waals surface area contributed by atoms with E-state index in [1.54, 1.807) is 10.7 Å². The molecule has 1 aromatic heterocycles. The number of hydrogen-bond acceptors (Lipinski definition) is 6. The Morgan fingerprint density at radius 1 is 1.47 bits per heavy atom. The number of nitrogens with two attached hydrogens (primary N) is 1. The van der Waals surface area contributed by atoms with Gasteiger partial charge >= 0.3 is 5.97 Å². The lowest BCUT2D eigenvalue weighted by molar-refractivity contribution is 0.0697. The first-order valence-electron chi connectivity index (χ1n) is 5.73. The van der Waals surface area contributed by atoms with Crippen LogP contribution in [0.1, 0.15) is 29.2 Å². The van der Waals surface area contributed by atoms with Crippen molar-refractivity contribution in [3.05, 3.63) is 23.8 Å². The quantitative estimate of drug-likeness (QED) is 0.814. The summed E-state index contributed by atoms with van der Waals surface area (Å²) >= 11 is 1.35. The van der Waals surface area contributed by atoms with E-state index in [1.165, 1.54) is 23.9 Å². The van der Waals surface area contributed by atoms with E-state index >= 15 is 0 Å². The summed E-state index contributed by atoms with van der Waals surface area (Å²) in [7, 11) is 0. The van der Waals surface area contributed by atoms with E-state index in [0.29, 0.717) is 16.9 Å². The molecule has 0 bridgehead atoms. The third-order valence-corrected chi connectivity index (χ3v) is 3.86. The summed E-state index contributed by atoms with van der Waals surface area (Å²) in [4.78, 5) is 11.6. The summed E-state index contributed by atoms with van der Waals surface area (Å²) in [6, 6.07) is 5.02. The highest BCUT2D eigenvalue weighted by Crippen LogP contribution is 2.39. The zero-order valence-electron chi connectivity index (χ0n) is 9.85. The van der Waals surface area contributed by atoms with Crippen LogP contribution in [-0.4, -0.2) is 31.3 Å². The fourth-order valence-corrected chi connectivity index (χ4v) is 2.54. The van der Waals surface area contributed by atoms with Gasteiger partial charge in [-0.3, -0.25) is 0 Å². The third-order valence-electron chi connectivity index (χ3n) is 2.81. The van der Waals surface area contributed by atoms with Gasteiger partial charge in [0.1, 0.15) is 0 Å². The summed E-state index contributed by atoms with van der Waals surface area (Å²) in [6.45, 7) is 0. The molecule has 1 aliphatic carbocycles. The van der Waals surface area contributed by atoms with E-state index in [9.17, 15) is 4.79 Å². The molecule has 1 aliphatic rings. The molecule has 7 nitrogen and oxygen atoms in total. The van der Waals surface area contributed by atoms with Crippen LogP contribution >= 0.6 is 11.8 Å². The highest BCUT2D eigenvalue weighted by atomic mass is 32.2. The average molecular weight is 277 g/mol. The molecule has 1 saturated carbocycles. The van der Waals surface area contributed by atoms with Crippen LogP contribution in [0.3, 0.4) is 0 Å². The SMILES string of the molecule is Nc1cc(C(=O)O)ccc1Sc1nnnn1C1CC1. The standard InChI is InChI=1S/C11H11N5O2S/c12-8-5-6(10(17)18)1-4-9(8)19-11-13-14-15-16(11)7-2-3-7/h1,4-5,7H,2-3,12H2,(H,17,18). The molecule has 3 N–H and O–H groups in total. The molecule has 19 heavy (non-hydrogen) atoms. The maximum absolute atomic E-state index is 10.8. The monoisotopic (exact) mass is 277 g/mol. The number of tetrazole rings is 1. The Kier molecular flexibility index (Phi) is 2.86. The minimum Gasteiger partial charge on any atom is -0.478 e. The van der Waals surface area contributed by atoms with E-state index in [0.717, 1.165) is 17.7 Å². The topological polar surface area (TPSA) is 107 Å². The predicted octanol–water partition coefficient (Wildman–Crippen LogP) is 1.44. The molecule has 1 aromatic carbocycles. The fourth-order valence-electron chi connectivity index (χ4n) is 1.67. The molecule has 0 unspecified atom stereocenters. The van der Waals surface area contributed by atoms with Crippen LogP contribution in [0.15, 0.2) is 28.3 Å². The van der Waals surface area contributed by atoms with Crippen molar-refractivity contribution in [1.82, 2.24) is 20.2 Å². The number of anilines is 1. The molecular weight excluding hydrogens is 266 g/mol. The number of aromatic nitrogens is 4. The Labute approximate surface area is 112 Å². The molecule has 2 aromatic rings. The van der Waals surface area contributed by atoms with Gasteiger partial charge in [0, 0.05) is 10.6 Å². The number of carbonyl (C=O) groups is 1. The number of hydrogen-bond donors (Lipinski definition) is 2. The zero-order chi connectivity index (χ0) is 13.4. The highest BCUT2D eigenvalue weighted by Gasteiger charge is 2.28. The lowest BCUT2D eigenvalue weighted by atomic mass is 10.2. The smallest absolute Gasteiger partial charge is 0.335 e. The second-order valence-corrected chi connectivity index (χ2v) is 5.31. The number of rotatable bonds is 4. The summed E-state index contributed by atoms with van der Waals surface area (Å²) < 4.78 is 1.79. The Hall–Kier alpha value is -2.09. The van der Waals surface area contributed by atoms with Crippen LogP contribution in [-0.2, 0) is 0 Å². The number of nitrogens with zero attached hydrogens (tertiary/aromatic N) is 4. The van der Waals surface area contributed by atoms with E-state index in [2.05, 4.69) is 15.5 Å². The van der Waals surface area contributed by atoms with Gasteiger partial charge in [0.2, 0.25) is 5.16 Å². The van der Waals surface area contributed by atoms with Gasteiger partial charge in [-0.1, -0.05) is 0 Å². The van der Waals surface area contributed by atoms with E-state index in [-0.39, 0.29) is 5.56 Å². The summed E-state index contributed by atoms with van der Waals surface area (Å²) in [5.41, 5.74) is 6.44. The third kappa shape index (κ3) is 2.39. The number of benzene rings is 1. The molecule has 0 amide bonds. The van der Waals surface area contributed by atoms with Gasteiger partial charge in [-0.15, -0.1) is 5.10 Å². The number of carboxylic acids is 1. The first-order valence-corrected chi connectivity index (χ1v) is 6.55. The average Bonchev–Trinajstić information content (AvgIpc) is 3.12. The van der Waals surface area contributed by atoms with Gasteiger partial charge in [-0.25, -0.2) is 9.48 Å². The van der Waals surface area contributed by atoms with Crippen molar-refractivity contribution < 1.29 is 9.90 Å². The van der Waals surface area contributed by atoms with Gasteiger partial charge < -0.3 is 10.8 Å². The van der Waals surface area contributed by atoms with Crippen LogP contribution in [0.5, 0.6) is 0 Å². The van der Waals surface area contributed by atoms with Gasteiger partial charge in [0.15, 0.2) is 0 Å². The summed E-state index contributed by atoms with van der Waals surface area (Å²) in [5.74, 6) is -0.994. The van der Waals surface area contributed by atoms with Crippen molar-refractivity contribution in [2.45, 2.75) is 28.9 Å². The van der Waals surface area contributed by atoms with E-state index in [1.807, 2.05) is 0 Å². The minimum atomic E-state index is -0.994. The Balaban J connectivity index is 1.86. The molecule has 0 aliphatic heterocycles. The lowest BCUT2D eigenvalue weighted by Gasteiger charge is -2.06. The highest BCUT2D eigenvalue weighted by molar-refractivity contribution is 7.99. The molecule has 1 fully saturated rings. The van der Waals surface area contributed by atoms with Gasteiger partial charge in [0.25, 0.3) is 0 Å². The first kappa shape index (κ1) is 12.0. The summed E-state index contributed by atoms with van der Waals surface area (Å²) in [5, 5.41) is 21.1. The van der Waals surface area contributed by atoms with Crippen molar-refractivity contribution >= 4 is 23.4 Å². The molecule has 1 heterocycles. The molecular formula is C11H11N5O2S. The largest absolute Gasteiger partial charge is 0.478 e. The van der Waals surface area contributed by atoms with Crippen LogP contribution < -0.4 is 5.73 Å². The van der Waals surface area contributed by atoms with Crippen molar-refractivity contribution in [2.75, 3.05) is 5.73 Å². The number of carboxylic acid groups (broad SMARTS) is 1. The number of aromatic carboxylic acids is 1. The Morgan fingerprint density at radius 2 is 2.26 bits per heavy atom. The van der Waals surface area contributed by atoms with E-state index < -0.39 is 5.97 Å². The second-order valence-electron chi connectivity index (χ2n) is 4.30. The minimum absolute atomic E-state index is 0.170. The van der Waals surface area contributed by atoms with Crippen molar-refractivity contribution in [3.8, 4) is 0 Å². The second kappa shape index (κ2) is 4.54. The van der Waals surface area contributed by atoms with Crippen LogP contribution in [0, 0.1) is 0 Å². The van der Waals surface area contributed by atoms with Crippen molar-refractivity contribution in [2.24, 2.45) is 0 Å². The van der Waals surface area contributed by atoms with Crippen molar-refractivity contribution in [1.29, 1.82) is 0 Å². The maximum atomic E-state index is 10.8. The normalized spacial score (nSPS) is 14.5. The van der Waals surface area contributed by atoms with Gasteiger partial charge in [-0.2, -0.15) is 0 Å². The first-order chi connectivity index (χ1) is 9.15. The van der Waals surface area contributed by atoms with Crippen LogP contribution in [0.4, 0.5) is 5.69 Å². The zero-order valence-corrected chi connectivity index (χ0v) is 10.7.